The number of carbonyl (C=O) groups is 2. The maximum absolute atomic E-state index is 13.1. The molecule has 1 N–H and O–H groups in total. The van der Waals surface area contributed by atoms with E-state index in [2.05, 4.69) is 37.4 Å². The molecule has 4 nitrogen and oxygen atoms in total. The second-order valence-corrected chi connectivity index (χ2v) is 9.90. The summed E-state index contributed by atoms with van der Waals surface area (Å²) < 4.78 is 0. The van der Waals surface area contributed by atoms with Gasteiger partial charge in [-0.3, -0.25) is 9.59 Å². The average Bonchev–Trinajstić information content (AvgIpc) is 2.64. The van der Waals surface area contributed by atoms with E-state index in [-0.39, 0.29) is 17.4 Å². The molecule has 0 aliphatic heterocycles. The van der Waals surface area contributed by atoms with Gasteiger partial charge in [0.05, 0.1) is 5.75 Å². The third kappa shape index (κ3) is 7.86. The number of aryl methyl sites for hydroxylation is 2. The van der Waals surface area contributed by atoms with Crippen molar-refractivity contribution in [1.29, 1.82) is 0 Å². The zero-order valence-corrected chi connectivity index (χ0v) is 19.8. The van der Waals surface area contributed by atoms with E-state index < -0.39 is 6.04 Å². The molecule has 2 aromatic carbocycles. The van der Waals surface area contributed by atoms with Gasteiger partial charge < -0.3 is 10.2 Å². The largest absolute Gasteiger partial charge is 0.350 e. The van der Waals surface area contributed by atoms with E-state index in [1.54, 1.807) is 23.6 Å². The number of nitrogens with one attached hydrogen (secondary N) is 1. The van der Waals surface area contributed by atoms with Crippen LogP contribution in [0.4, 0.5) is 0 Å². The Labute approximate surface area is 185 Å². The number of hydrogen-bond donors (Lipinski definition) is 1. The van der Waals surface area contributed by atoms with Crippen molar-refractivity contribution in [2.24, 2.45) is 0 Å². The van der Waals surface area contributed by atoms with Crippen LogP contribution in [0.2, 0.25) is 0 Å². The second kappa shape index (κ2) is 10.7. The van der Waals surface area contributed by atoms with Crippen molar-refractivity contribution in [3.8, 4) is 0 Å². The molecule has 162 valence electrons. The molecule has 1 atom stereocenters. The van der Waals surface area contributed by atoms with Gasteiger partial charge in [0.1, 0.15) is 6.04 Å². The monoisotopic (exact) mass is 426 g/mol. The van der Waals surface area contributed by atoms with Gasteiger partial charge in [0.15, 0.2) is 0 Å². The second-order valence-electron chi connectivity index (χ2n) is 8.91. The molecule has 0 aliphatic rings. The maximum atomic E-state index is 13.1. The zero-order valence-electron chi connectivity index (χ0n) is 19.0. The van der Waals surface area contributed by atoms with Crippen LogP contribution in [0.1, 0.15) is 49.9 Å². The highest BCUT2D eigenvalue weighted by Gasteiger charge is 2.28. The fourth-order valence-corrected chi connectivity index (χ4v) is 4.17. The summed E-state index contributed by atoms with van der Waals surface area (Å²) in [4.78, 5) is 27.5. The summed E-state index contributed by atoms with van der Waals surface area (Å²) in [5, 5.41) is 2.99. The first kappa shape index (κ1) is 24.0. The summed E-state index contributed by atoms with van der Waals surface area (Å²) in [6.07, 6.45) is 0. The zero-order chi connectivity index (χ0) is 22.3. The van der Waals surface area contributed by atoms with Gasteiger partial charge in [0, 0.05) is 17.8 Å². The third-order valence-electron chi connectivity index (χ3n) is 4.64. The Hall–Kier alpha value is -2.27. The highest BCUT2D eigenvalue weighted by molar-refractivity contribution is 7.99. The van der Waals surface area contributed by atoms with Crippen LogP contribution in [0, 0.1) is 13.8 Å². The Kier molecular flexibility index (Phi) is 8.54. The molecule has 30 heavy (non-hydrogen) atoms. The lowest BCUT2D eigenvalue weighted by Gasteiger charge is -2.31. The molecule has 0 fully saturated rings. The molecule has 0 bridgehead atoms. The highest BCUT2D eigenvalue weighted by atomic mass is 32.2. The summed E-state index contributed by atoms with van der Waals surface area (Å²) in [5.74, 6) is 0.957. The predicted molar refractivity (Wildman–Crippen MR) is 126 cm³/mol. The highest BCUT2D eigenvalue weighted by Crippen LogP contribution is 2.18. The van der Waals surface area contributed by atoms with Crippen molar-refractivity contribution in [3.05, 3.63) is 70.8 Å². The first-order chi connectivity index (χ1) is 14.0. The summed E-state index contributed by atoms with van der Waals surface area (Å²) in [7, 11) is 0. The first-order valence-electron chi connectivity index (χ1n) is 10.4. The van der Waals surface area contributed by atoms with Crippen molar-refractivity contribution in [2.75, 3.05) is 5.75 Å². The summed E-state index contributed by atoms with van der Waals surface area (Å²) in [5.41, 5.74) is 4.36. The lowest BCUT2D eigenvalue weighted by atomic mass is 10.1. The number of carbonyl (C=O) groups excluding carboxylic acids is 2. The summed E-state index contributed by atoms with van der Waals surface area (Å²) >= 11 is 1.59. The van der Waals surface area contributed by atoms with Crippen LogP contribution in [-0.4, -0.2) is 34.0 Å². The fourth-order valence-electron chi connectivity index (χ4n) is 3.33. The average molecular weight is 427 g/mol. The standard InChI is InChI=1S/C25H34N2O2S/c1-18-12-19(2)14-22(13-18)16-30-17-23(28)27(15-21-10-8-7-9-11-21)20(3)24(29)26-25(4,5)6/h7-14,20H,15-17H2,1-6H3,(H,26,29)/t20-/m1/s1. The third-order valence-corrected chi connectivity index (χ3v) is 5.63. The van der Waals surface area contributed by atoms with Gasteiger partial charge in [-0.1, -0.05) is 59.7 Å². The number of hydrogen-bond acceptors (Lipinski definition) is 3. The topological polar surface area (TPSA) is 49.4 Å². The number of thioether (sulfide) groups is 1. The Morgan fingerprint density at radius 3 is 2.17 bits per heavy atom. The van der Waals surface area contributed by atoms with E-state index in [4.69, 9.17) is 0 Å². The number of amides is 2. The maximum Gasteiger partial charge on any atom is 0.242 e. The molecule has 0 saturated heterocycles. The van der Waals surface area contributed by atoms with E-state index >= 15 is 0 Å². The minimum absolute atomic E-state index is 0.0233. The molecule has 0 spiro atoms. The van der Waals surface area contributed by atoms with Gasteiger partial charge >= 0.3 is 0 Å². The van der Waals surface area contributed by atoms with Crippen molar-refractivity contribution in [3.63, 3.8) is 0 Å². The Bertz CT molecular complexity index is 839. The summed E-state index contributed by atoms with van der Waals surface area (Å²) in [6.45, 7) is 12.2. The quantitative estimate of drug-likeness (QED) is 0.655. The van der Waals surface area contributed by atoms with Gasteiger partial charge in [0.25, 0.3) is 0 Å². The van der Waals surface area contributed by atoms with Crippen molar-refractivity contribution in [1.82, 2.24) is 10.2 Å². The first-order valence-corrected chi connectivity index (χ1v) is 11.5. The molecule has 0 heterocycles. The summed E-state index contributed by atoms with van der Waals surface area (Å²) in [6, 6.07) is 15.7. The molecule has 0 aliphatic carbocycles. The number of nitrogens with zero attached hydrogens (tertiary/aromatic N) is 1. The van der Waals surface area contributed by atoms with Crippen LogP contribution < -0.4 is 5.32 Å². The normalized spacial score (nSPS) is 12.3. The Morgan fingerprint density at radius 1 is 1.00 bits per heavy atom. The van der Waals surface area contributed by atoms with Crippen LogP contribution in [0.15, 0.2) is 48.5 Å². The smallest absolute Gasteiger partial charge is 0.242 e. The number of benzene rings is 2. The van der Waals surface area contributed by atoms with E-state index in [0.717, 1.165) is 11.3 Å². The van der Waals surface area contributed by atoms with Gasteiger partial charge in [-0.15, -0.1) is 11.8 Å². The Morgan fingerprint density at radius 2 is 1.60 bits per heavy atom. The van der Waals surface area contributed by atoms with Gasteiger partial charge in [-0.2, -0.15) is 0 Å². The minimum atomic E-state index is -0.543. The number of rotatable bonds is 8. The minimum Gasteiger partial charge on any atom is -0.350 e. The lowest BCUT2D eigenvalue weighted by molar-refractivity contribution is -0.139. The van der Waals surface area contributed by atoms with Crippen molar-refractivity contribution >= 4 is 23.6 Å². The van der Waals surface area contributed by atoms with Gasteiger partial charge in [-0.25, -0.2) is 0 Å². The predicted octanol–water partition coefficient (Wildman–Crippen LogP) is 4.87. The van der Waals surface area contributed by atoms with Crippen LogP contribution in [0.25, 0.3) is 0 Å². The van der Waals surface area contributed by atoms with Crippen molar-refractivity contribution < 1.29 is 9.59 Å². The van der Waals surface area contributed by atoms with E-state index in [9.17, 15) is 9.59 Å². The molecule has 5 heteroatoms. The van der Waals surface area contributed by atoms with Crippen LogP contribution >= 0.6 is 11.8 Å². The molecule has 2 amide bonds. The van der Waals surface area contributed by atoms with Crippen LogP contribution in [0.5, 0.6) is 0 Å². The van der Waals surface area contributed by atoms with E-state index in [1.807, 2.05) is 51.1 Å². The van der Waals surface area contributed by atoms with E-state index in [1.165, 1.54) is 16.7 Å². The molecular formula is C25H34N2O2S. The van der Waals surface area contributed by atoms with Gasteiger partial charge in [-0.05, 0) is 52.7 Å². The van der Waals surface area contributed by atoms with Crippen molar-refractivity contribution in [2.45, 2.75) is 65.4 Å². The van der Waals surface area contributed by atoms with E-state index in [0.29, 0.717) is 12.3 Å². The molecule has 0 unspecified atom stereocenters. The van der Waals surface area contributed by atoms with Crippen LogP contribution in [-0.2, 0) is 21.9 Å². The molecule has 0 radical (unpaired) electrons. The SMILES string of the molecule is Cc1cc(C)cc(CSCC(=O)N(Cc2ccccc2)[C@H](C)C(=O)NC(C)(C)C)c1. The molecule has 0 saturated carbocycles. The van der Waals surface area contributed by atoms with Gasteiger partial charge in [0.2, 0.25) is 11.8 Å². The molecule has 2 rings (SSSR count). The molecular weight excluding hydrogens is 392 g/mol. The van der Waals surface area contributed by atoms with Crippen LogP contribution in [0.3, 0.4) is 0 Å². The lowest BCUT2D eigenvalue weighted by Crippen LogP contribution is -2.52. The molecule has 0 aromatic heterocycles. The molecule has 2 aromatic rings. The fraction of sp³-hybridized carbons (Fsp3) is 0.440. The Balaban J connectivity index is 2.08.